The molecule has 1 aliphatic heterocycles. The second kappa shape index (κ2) is 25.7. The minimum Gasteiger partial charge on any atom is -0.480 e. The van der Waals surface area contributed by atoms with Gasteiger partial charge in [-0.15, -0.1) is 0 Å². The van der Waals surface area contributed by atoms with Crippen molar-refractivity contribution >= 4 is 47.4 Å². The molecule has 8 atom stereocenters. The lowest BCUT2D eigenvalue weighted by Gasteiger charge is -2.30. The number of aliphatic imine (C=N–C) groups is 1. The number of nitrogens with two attached hydrogens (primary N) is 4. The van der Waals surface area contributed by atoms with Crippen molar-refractivity contribution in [2.75, 3.05) is 19.6 Å². The lowest BCUT2D eigenvalue weighted by molar-refractivity contribution is -0.142. The Morgan fingerprint density at radius 1 is 0.737 bits per heavy atom. The number of amides is 6. The molecule has 0 aliphatic carbocycles. The first-order valence-electron chi connectivity index (χ1n) is 20.3. The smallest absolute Gasteiger partial charge is 0.326 e. The number of nitrogens with one attached hydrogen (secondary N) is 5. The van der Waals surface area contributed by atoms with Gasteiger partial charge in [0.25, 0.3) is 0 Å². The largest absolute Gasteiger partial charge is 0.480 e. The number of guanidine groups is 1. The van der Waals surface area contributed by atoms with Crippen LogP contribution in [0.4, 0.5) is 0 Å². The number of likely N-dealkylation sites (tertiary alicyclic amines) is 1. The molecule has 14 N–H and O–H groups in total. The van der Waals surface area contributed by atoms with Gasteiger partial charge in [0.1, 0.15) is 36.3 Å². The predicted molar refractivity (Wildman–Crippen MR) is 217 cm³/mol. The number of nitrogens with zero attached hydrogens (tertiary/aromatic N) is 2. The maximum absolute atomic E-state index is 13.8. The minimum absolute atomic E-state index is 0.0321. The molecule has 326 valence electrons. The Morgan fingerprint density at radius 3 is 1.75 bits per heavy atom. The second-order valence-electron chi connectivity index (χ2n) is 15.9. The Bertz CT molecular complexity index is 1370. The van der Waals surface area contributed by atoms with Crippen LogP contribution in [0.25, 0.3) is 0 Å². The molecule has 0 spiro atoms. The van der Waals surface area contributed by atoms with Gasteiger partial charge >= 0.3 is 5.97 Å². The molecular weight excluding hydrogens is 738 g/mol. The van der Waals surface area contributed by atoms with E-state index in [9.17, 15) is 38.7 Å². The van der Waals surface area contributed by atoms with Crippen LogP contribution in [0.15, 0.2) is 4.99 Å². The van der Waals surface area contributed by atoms with Crippen molar-refractivity contribution in [1.29, 1.82) is 0 Å². The molecule has 0 aromatic carbocycles. The molecule has 0 radical (unpaired) electrons. The number of carbonyl (C=O) groups excluding carboxylic acids is 6. The maximum atomic E-state index is 13.8. The standard InChI is InChI=1S/C38H71N11O8/c1-8-23(6)30(40)36(55)49-18-12-15-29(49)35(54)44-24(7)31(50)47-27(19-21(2)3)34(53)48-28(20-22(4)5)33(52)45-25(13-9-10-16-39)32(51)46-26(37(56)57)14-11-17-43-38(41)42/h21-30H,8-20,39-40H2,1-7H3,(H,44,54)(H,45,52)(H,46,51)(H,47,50)(H,48,53)(H,56,57)(H4,41,42,43)/t23-,24-,25-,26-,27-,28-,29-,30-/m0/s1. The summed E-state index contributed by atoms with van der Waals surface area (Å²) in [5.41, 5.74) is 22.5. The molecule has 57 heavy (non-hydrogen) atoms. The molecule has 1 heterocycles. The summed E-state index contributed by atoms with van der Waals surface area (Å²) in [4.78, 5) is 98.1. The third-order valence-corrected chi connectivity index (χ3v) is 9.95. The van der Waals surface area contributed by atoms with E-state index in [4.69, 9.17) is 22.9 Å². The van der Waals surface area contributed by atoms with E-state index >= 15 is 0 Å². The fraction of sp³-hybridized carbons (Fsp3) is 0.789. The van der Waals surface area contributed by atoms with Gasteiger partial charge in [0.05, 0.1) is 6.04 Å². The van der Waals surface area contributed by atoms with Crippen LogP contribution < -0.4 is 49.5 Å². The number of hydrogen-bond acceptors (Lipinski definition) is 10. The van der Waals surface area contributed by atoms with Crippen LogP contribution in [0, 0.1) is 17.8 Å². The Hall–Kier alpha value is -4.52. The van der Waals surface area contributed by atoms with Crippen LogP contribution >= 0.6 is 0 Å². The van der Waals surface area contributed by atoms with Crippen LogP contribution in [-0.2, 0) is 33.6 Å². The molecule has 1 fully saturated rings. The second-order valence-corrected chi connectivity index (χ2v) is 15.9. The summed E-state index contributed by atoms with van der Waals surface area (Å²) in [7, 11) is 0. The van der Waals surface area contributed by atoms with Gasteiger partial charge < -0.3 is 59.5 Å². The lowest BCUT2D eigenvalue weighted by atomic mass is 9.98. The van der Waals surface area contributed by atoms with Crippen LogP contribution in [0.2, 0.25) is 0 Å². The zero-order valence-corrected chi connectivity index (χ0v) is 35.0. The first kappa shape index (κ1) is 50.5. The van der Waals surface area contributed by atoms with Gasteiger partial charge in [-0.25, -0.2) is 4.79 Å². The van der Waals surface area contributed by atoms with Gasteiger partial charge in [0.15, 0.2) is 5.96 Å². The SMILES string of the molecule is CC[C@H](C)[C@H](N)C(=O)N1CCC[C@H]1C(=O)N[C@@H](C)C(=O)N[C@@H](CC(C)C)C(=O)N[C@@H](CC(C)C)C(=O)N[C@@H](CCCCN)C(=O)N[C@@H](CCCN=C(N)N)C(=O)O. The Morgan fingerprint density at radius 2 is 1.25 bits per heavy atom. The summed E-state index contributed by atoms with van der Waals surface area (Å²) in [6.07, 6.45) is 3.59. The van der Waals surface area contributed by atoms with Crippen molar-refractivity contribution in [3.8, 4) is 0 Å². The number of carboxylic acid groups (broad SMARTS) is 1. The number of aliphatic carboxylic acids is 1. The van der Waals surface area contributed by atoms with Crippen LogP contribution in [-0.4, -0.2) is 119 Å². The number of carboxylic acids is 1. The molecule has 0 aromatic rings. The molecule has 0 unspecified atom stereocenters. The first-order valence-corrected chi connectivity index (χ1v) is 20.3. The highest BCUT2D eigenvalue weighted by Crippen LogP contribution is 2.21. The number of carbonyl (C=O) groups is 7. The van der Waals surface area contributed by atoms with Gasteiger partial charge in [-0.05, 0) is 89.0 Å². The van der Waals surface area contributed by atoms with E-state index in [1.54, 1.807) is 0 Å². The summed E-state index contributed by atoms with van der Waals surface area (Å²) < 4.78 is 0. The van der Waals surface area contributed by atoms with Gasteiger partial charge in [-0.3, -0.25) is 33.8 Å². The highest BCUT2D eigenvalue weighted by molar-refractivity contribution is 5.97. The fourth-order valence-corrected chi connectivity index (χ4v) is 6.41. The molecule has 0 saturated carbocycles. The third-order valence-electron chi connectivity index (χ3n) is 9.95. The van der Waals surface area contributed by atoms with Gasteiger partial charge in [0.2, 0.25) is 35.4 Å². The molecule has 19 nitrogen and oxygen atoms in total. The van der Waals surface area contributed by atoms with Crippen molar-refractivity contribution in [3.05, 3.63) is 0 Å². The minimum atomic E-state index is -1.27. The zero-order chi connectivity index (χ0) is 43.4. The van der Waals surface area contributed by atoms with Crippen molar-refractivity contribution < 1.29 is 38.7 Å². The van der Waals surface area contributed by atoms with E-state index in [1.807, 2.05) is 41.5 Å². The van der Waals surface area contributed by atoms with Crippen molar-refractivity contribution in [1.82, 2.24) is 31.5 Å². The Labute approximate surface area is 337 Å². The predicted octanol–water partition coefficient (Wildman–Crippen LogP) is -0.846. The summed E-state index contributed by atoms with van der Waals surface area (Å²) in [6.45, 7) is 13.6. The Balaban J connectivity index is 3.13. The van der Waals surface area contributed by atoms with Gasteiger partial charge in [-0.2, -0.15) is 0 Å². The summed E-state index contributed by atoms with van der Waals surface area (Å²) >= 11 is 0. The van der Waals surface area contributed by atoms with E-state index in [1.165, 1.54) is 11.8 Å². The monoisotopic (exact) mass is 810 g/mol. The number of hydrogen-bond donors (Lipinski definition) is 10. The van der Waals surface area contributed by atoms with E-state index in [0.29, 0.717) is 45.2 Å². The van der Waals surface area contributed by atoms with Crippen LogP contribution in [0.1, 0.15) is 113 Å². The lowest BCUT2D eigenvalue weighted by Crippen LogP contribution is -2.59. The molecule has 1 rings (SSSR count). The van der Waals surface area contributed by atoms with Crippen molar-refractivity contribution in [2.45, 2.75) is 155 Å². The molecule has 19 heteroatoms. The van der Waals surface area contributed by atoms with Crippen molar-refractivity contribution in [2.24, 2.45) is 45.7 Å². The molecule has 1 aliphatic rings. The fourth-order valence-electron chi connectivity index (χ4n) is 6.41. The number of rotatable bonds is 26. The van der Waals surface area contributed by atoms with Crippen LogP contribution in [0.3, 0.4) is 0 Å². The average molecular weight is 810 g/mol. The molecule has 0 aromatic heterocycles. The normalized spacial score (nSPS) is 17.7. The summed E-state index contributed by atoms with van der Waals surface area (Å²) in [5, 5.41) is 23.1. The number of unbranched alkanes of at least 4 members (excludes halogenated alkanes) is 1. The first-order chi connectivity index (χ1) is 26.7. The summed E-state index contributed by atoms with van der Waals surface area (Å²) in [6, 6.07) is -7.20. The van der Waals surface area contributed by atoms with E-state index in [2.05, 4.69) is 31.6 Å². The molecule has 6 amide bonds. The van der Waals surface area contributed by atoms with E-state index in [-0.39, 0.29) is 68.3 Å². The molecular formula is C38H71N11O8. The maximum Gasteiger partial charge on any atom is 0.326 e. The van der Waals surface area contributed by atoms with Gasteiger partial charge in [-0.1, -0.05) is 48.0 Å². The topological polar surface area (TPSA) is 320 Å². The molecule has 0 bridgehead atoms. The van der Waals surface area contributed by atoms with Gasteiger partial charge in [0, 0.05) is 13.1 Å². The zero-order valence-electron chi connectivity index (χ0n) is 35.0. The van der Waals surface area contributed by atoms with E-state index < -0.39 is 77.8 Å². The third kappa shape index (κ3) is 18.1. The molecule has 1 saturated heterocycles. The highest BCUT2D eigenvalue weighted by Gasteiger charge is 2.38. The Kier molecular flexibility index (Phi) is 22.7. The highest BCUT2D eigenvalue weighted by atomic mass is 16.4. The van der Waals surface area contributed by atoms with Crippen molar-refractivity contribution in [3.63, 3.8) is 0 Å². The summed E-state index contributed by atoms with van der Waals surface area (Å²) in [5.74, 6) is -5.08. The van der Waals surface area contributed by atoms with Crippen LogP contribution in [0.5, 0.6) is 0 Å². The quantitative estimate of drug-likeness (QED) is 0.0290. The van der Waals surface area contributed by atoms with E-state index in [0.717, 1.165) is 0 Å². The average Bonchev–Trinajstić information content (AvgIpc) is 3.63.